The summed E-state index contributed by atoms with van der Waals surface area (Å²) in [6, 6.07) is 0. The van der Waals surface area contributed by atoms with Gasteiger partial charge in [0.2, 0.25) is 0 Å². The van der Waals surface area contributed by atoms with Gasteiger partial charge < -0.3 is 19.3 Å². The van der Waals surface area contributed by atoms with Gasteiger partial charge in [0.15, 0.2) is 23.5 Å². The van der Waals surface area contributed by atoms with Gasteiger partial charge in [-0.1, -0.05) is 38.8 Å². The minimum absolute atomic E-state index is 0.00756. The third-order valence-electron chi connectivity index (χ3n) is 9.86. The van der Waals surface area contributed by atoms with Crippen molar-refractivity contribution in [1.82, 2.24) is 0 Å². The van der Waals surface area contributed by atoms with Gasteiger partial charge in [0, 0.05) is 16.7 Å². The first-order valence-corrected chi connectivity index (χ1v) is 13.5. The Morgan fingerprint density at radius 3 is 2.71 bits per heavy atom. The first kappa shape index (κ1) is 25.3. The molecule has 1 unspecified atom stereocenters. The van der Waals surface area contributed by atoms with Gasteiger partial charge in [0.05, 0.1) is 17.8 Å². The van der Waals surface area contributed by atoms with Crippen LogP contribution in [-0.2, 0) is 23.8 Å². The van der Waals surface area contributed by atoms with Crippen molar-refractivity contribution in [1.29, 1.82) is 0 Å². The van der Waals surface area contributed by atoms with Crippen molar-refractivity contribution < 1.29 is 28.9 Å². The minimum atomic E-state index is -1.11. The fourth-order valence-corrected chi connectivity index (χ4v) is 8.39. The summed E-state index contributed by atoms with van der Waals surface area (Å²) < 4.78 is 19.1. The van der Waals surface area contributed by atoms with Crippen LogP contribution < -0.4 is 0 Å². The summed E-state index contributed by atoms with van der Waals surface area (Å²) in [5.74, 6) is 0.394. The number of ether oxygens (including phenoxy) is 3. The Bertz CT molecular complexity index is 961. The average molecular weight is 487 g/mol. The van der Waals surface area contributed by atoms with Gasteiger partial charge in [-0.15, -0.1) is 0 Å². The van der Waals surface area contributed by atoms with Crippen LogP contribution in [0.3, 0.4) is 0 Å². The van der Waals surface area contributed by atoms with E-state index in [-0.39, 0.29) is 47.4 Å². The Morgan fingerprint density at radius 1 is 1.29 bits per heavy atom. The molecule has 1 aliphatic heterocycles. The van der Waals surface area contributed by atoms with Crippen molar-refractivity contribution in [3.63, 3.8) is 0 Å². The molecule has 35 heavy (non-hydrogen) atoms. The quantitative estimate of drug-likeness (QED) is 0.614. The number of fused-ring (bicyclic) bond motifs is 7. The number of allylic oxidation sites excluding steroid dienone is 4. The predicted molar refractivity (Wildman–Crippen MR) is 131 cm³/mol. The third-order valence-corrected chi connectivity index (χ3v) is 9.86. The van der Waals surface area contributed by atoms with Crippen LogP contribution in [0.1, 0.15) is 80.1 Å². The molecule has 4 fully saturated rings. The SMILES string of the molecule is CCCC1O[C@@H]2C[C@H]3[C@@H]4CCC5=CC(=O)C=C[C@]5(C)[C@H]4[C@@H](O)C[C@]3(C)[C@]2(C(=O)COC(C)(C)C)O1. The number of aliphatic hydroxyl groups excluding tert-OH is 1. The number of aliphatic hydroxyl groups is 1. The van der Waals surface area contributed by atoms with Gasteiger partial charge in [0.1, 0.15) is 6.61 Å². The van der Waals surface area contributed by atoms with Crippen LogP contribution in [-0.4, -0.2) is 53.0 Å². The van der Waals surface area contributed by atoms with Crippen LogP contribution in [0.15, 0.2) is 23.8 Å². The average Bonchev–Trinajstić information content (AvgIpc) is 3.24. The van der Waals surface area contributed by atoms with Gasteiger partial charge in [0.25, 0.3) is 0 Å². The standard InChI is InChI=1S/C29H42O6/c1-7-8-24-34-23-14-20-19-10-9-17-13-18(30)11-12-27(17,5)25(19)21(31)15-28(20,6)29(23,35-24)22(32)16-33-26(2,3)4/h11-13,19-21,23-25,31H,7-10,14-16H2,1-6H3/t19-,20-,21-,23+,24?,25+,27-,28-,29+/m0/s1. The van der Waals surface area contributed by atoms with E-state index in [2.05, 4.69) is 20.8 Å². The zero-order valence-corrected chi connectivity index (χ0v) is 22.1. The van der Waals surface area contributed by atoms with Crippen molar-refractivity contribution in [2.45, 2.75) is 110 Å². The Kier molecular flexibility index (Phi) is 6.03. The smallest absolute Gasteiger partial charge is 0.193 e. The highest BCUT2D eigenvalue weighted by Crippen LogP contribution is 2.69. The highest BCUT2D eigenvalue weighted by atomic mass is 16.7. The molecule has 0 aromatic carbocycles. The zero-order valence-electron chi connectivity index (χ0n) is 22.1. The van der Waals surface area contributed by atoms with Crippen LogP contribution in [0.4, 0.5) is 0 Å². The molecule has 194 valence electrons. The van der Waals surface area contributed by atoms with Crippen molar-refractivity contribution in [3.05, 3.63) is 23.8 Å². The Balaban J connectivity index is 1.52. The maximum absolute atomic E-state index is 14.0. The molecule has 5 rings (SSSR count). The minimum Gasteiger partial charge on any atom is -0.393 e. The maximum atomic E-state index is 14.0. The molecule has 0 aromatic rings. The van der Waals surface area contributed by atoms with E-state index in [1.807, 2.05) is 26.8 Å². The number of hydrogen-bond donors (Lipinski definition) is 1. The molecule has 0 aromatic heterocycles. The summed E-state index contributed by atoms with van der Waals surface area (Å²) in [4.78, 5) is 26.1. The Hall–Kier alpha value is -1.34. The maximum Gasteiger partial charge on any atom is 0.193 e. The van der Waals surface area contributed by atoms with E-state index in [1.54, 1.807) is 12.2 Å². The molecule has 0 spiro atoms. The van der Waals surface area contributed by atoms with E-state index in [4.69, 9.17) is 14.2 Å². The molecule has 3 saturated carbocycles. The molecule has 4 aliphatic carbocycles. The van der Waals surface area contributed by atoms with Gasteiger partial charge in [-0.05, 0) is 76.9 Å². The van der Waals surface area contributed by atoms with Gasteiger partial charge in [-0.25, -0.2) is 0 Å². The van der Waals surface area contributed by atoms with E-state index >= 15 is 0 Å². The molecule has 1 saturated heterocycles. The topological polar surface area (TPSA) is 82.1 Å². The highest BCUT2D eigenvalue weighted by molar-refractivity contribution is 6.01. The monoisotopic (exact) mass is 486 g/mol. The lowest BCUT2D eigenvalue weighted by Crippen LogP contribution is -2.63. The normalized spacial score (nSPS) is 46.5. The molecule has 1 heterocycles. The molecule has 6 nitrogen and oxygen atoms in total. The number of ketones is 2. The lowest BCUT2D eigenvalue weighted by Gasteiger charge is -2.59. The first-order chi connectivity index (χ1) is 16.4. The van der Waals surface area contributed by atoms with Gasteiger partial charge in [-0.3, -0.25) is 9.59 Å². The lowest BCUT2D eigenvalue weighted by molar-refractivity contribution is -0.202. The third kappa shape index (κ3) is 3.65. The van der Waals surface area contributed by atoms with Crippen LogP contribution in [0.2, 0.25) is 0 Å². The van der Waals surface area contributed by atoms with E-state index in [1.165, 1.54) is 0 Å². The molecule has 0 radical (unpaired) electrons. The van der Waals surface area contributed by atoms with E-state index in [0.29, 0.717) is 6.42 Å². The number of Topliss-reactive ketones (excluding diaryl/α,β-unsaturated/α-hetero) is 1. The molecule has 5 aliphatic rings. The number of carbonyl (C=O) groups is 2. The van der Waals surface area contributed by atoms with Gasteiger partial charge in [-0.2, -0.15) is 0 Å². The zero-order chi connectivity index (χ0) is 25.4. The van der Waals surface area contributed by atoms with Crippen LogP contribution in [0, 0.1) is 28.6 Å². The van der Waals surface area contributed by atoms with E-state index < -0.39 is 29.0 Å². The Morgan fingerprint density at radius 2 is 2.03 bits per heavy atom. The van der Waals surface area contributed by atoms with Crippen LogP contribution >= 0.6 is 0 Å². The summed E-state index contributed by atoms with van der Waals surface area (Å²) in [5.41, 5.74) is -1.30. The van der Waals surface area contributed by atoms with Crippen molar-refractivity contribution in [2.24, 2.45) is 28.6 Å². The molecular formula is C29H42O6. The fraction of sp³-hybridized carbons (Fsp3) is 0.793. The molecule has 6 heteroatoms. The van der Waals surface area contributed by atoms with Crippen molar-refractivity contribution in [2.75, 3.05) is 6.61 Å². The summed E-state index contributed by atoms with van der Waals surface area (Å²) in [6.07, 6.45) is 8.74. The second-order valence-corrected chi connectivity index (χ2v) is 13.0. The number of rotatable bonds is 5. The van der Waals surface area contributed by atoms with E-state index in [0.717, 1.165) is 37.7 Å². The second kappa shape index (κ2) is 8.34. The summed E-state index contributed by atoms with van der Waals surface area (Å²) in [6.45, 7) is 12.2. The predicted octanol–water partition coefficient (Wildman–Crippen LogP) is 4.54. The second-order valence-electron chi connectivity index (χ2n) is 13.0. The van der Waals surface area contributed by atoms with Crippen LogP contribution in [0.5, 0.6) is 0 Å². The van der Waals surface area contributed by atoms with Gasteiger partial charge >= 0.3 is 0 Å². The molecule has 9 atom stereocenters. The highest BCUT2D eigenvalue weighted by Gasteiger charge is 2.75. The van der Waals surface area contributed by atoms with Crippen LogP contribution in [0.25, 0.3) is 0 Å². The molecule has 0 amide bonds. The molecule has 1 N–H and O–H groups in total. The van der Waals surface area contributed by atoms with E-state index in [9.17, 15) is 14.7 Å². The largest absolute Gasteiger partial charge is 0.393 e. The van der Waals surface area contributed by atoms with Crippen molar-refractivity contribution in [3.8, 4) is 0 Å². The number of hydrogen-bond acceptors (Lipinski definition) is 6. The summed E-state index contributed by atoms with van der Waals surface area (Å²) >= 11 is 0. The molecule has 0 bridgehead atoms. The number of carbonyl (C=O) groups excluding carboxylic acids is 2. The summed E-state index contributed by atoms with van der Waals surface area (Å²) in [7, 11) is 0. The fourth-order valence-electron chi connectivity index (χ4n) is 8.39. The Labute approximate surface area is 209 Å². The first-order valence-electron chi connectivity index (χ1n) is 13.5. The summed E-state index contributed by atoms with van der Waals surface area (Å²) in [5, 5.41) is 11.7. The molecular weight excluding hydrogens is 444 g/mol. The van der Waals surface area contributed by atoms with Crippen molar-refractivity contribution >= 4 is 11.6 Å². The lowest BCUT2D eigenvalue weighted by atomic mass is 9.46.